The molecule has 0 N–H and O–H groups in total. The van der Waals surface area contributed by atoms with E-state index in [0.29, 0.717) is 9.38 Å². The molecule has 1 rings (SSSR count). The quantitative estimate of drug-likeness (QED) is 0.562. The fourth-order valence-corrected chi connectivity index (χ4v) is 1.72. The Bertz CT molecular complexity index is 382. The Balaban J connectivity index is 2.91. The van der Waals surface area contributed by atoms with Gasteiger partial charge in [0.2, 0.25) is 0 Å². The Labute approximate surface area is 110 Å². The largest absolute Gasteiger partial charge is 0.460 e. The molecule has 1 aliphatic heterocycles. The number of carbonyl (C=O) groups excluding carboxylic acids is 1. The van der Waals surface area contributed by atoms with Crippen molar-refractivity contribution in [1.29, 1.82) is 0 Å². The van der Waals surface area contributed by atoms with Crippen LogP contribution in [0.25, 0.3) is 0 Å². The van der Waals surface area contributed by atoms with Gasteiger partial charge in [-0.3, -0.25) is 4.79 Å². The van der Waals surface area contributed by atoms with Crippen LogP contribution in [-0.4, -0.2) is 73.6 Å². The van der Waals surface area contributed by atoms with Crippen molar-refractivity contribution in [1.82, 2.24) is 4.90 Å². The number of piperazine rings is 1. The lowest BCUT2D eigenvalue weighted by molar-refractivity contribution is -0.894. The summed E-state index contributed by atoms with van der Waals surface area (Å²) in [5.41, 5.74) is 0. The zero-order valence-electron chi connectivity index (χ0n) is 10.8. The van der Waals surface area contributed by atoms with E-state index in [1.54, 1.807) is 14.1 Å². The molecule has 1 fully saturated rings. The fourth-order valence-electron chi connectivity index (χ4n) is 1.72. The van der Waals surface area contributed by atoms with Crippen LogP contribution in [0.1, 0.15) is 0 Å². The first-order valence-corrected chi connectivity index (χ1v) is 5.66. The summed E-state index contributed by atoms with van der Waals surface area (Å²) in [6.45, 7) is -0.205. The van der Waals surface area contributed by atoms with Gasteiger partial charge in [0.25, 0.3) is 5.91 Å². The molecule has 0 atom stereocenters. The Morgan fingerprint density at radius 3 is 1.70 bits per heavy atom. The maximum Gasteiger partial charge on any atom is 0.460 e. The predicted molar refractivity (Wildman–Crippen MR) is 54.4 cm³/mol. The van der Waals surface area contributed by atoms with Crippen LogP contribution < -0.4 is 0 Å². The van der Waals surface area contributed by atoms with Crippen molar-refractivity contribution in [2.24, 2.45) is 0 Å². The Morgan fingerprint density at radius 2 is 1.35 bits per heavy atom. The summed E-state index contributed by atoms with van der Waals surface area (Å²) in [6, 6.07) is 0. The standard InChI is InChI=1S/C10H14F7N2O/c1-19(2)5-3-18(4-6-19)7(20)8(11,12)9(13,14)10(15,16)17/h3-6H2,1-2H3/q+1. The van der Waals surface area contributed by atoms with Crippen molar-refractivity contribution in [3.63, 3.8) is 0 Å². The van der Waals surface area contributed by atoms with E-state index in [1.165, 1.54) is 0 Å². The normalized spacial score (nSPS) is 20.9. The fraction of sp³-hybridized carbons (Fsp3) is 0.900. The minimum atomic E-state index is -6.49. The third kappa shape index (κ3) is 2.84. The highest BCUT2D eigenvalue weighted by Crippen LogP contribution is 2.47. The number of quaternary nitrogens is 1. The van der Waals surface area contributed by atoms with Crippen LogP contribution in [0.2, 0.25) is 0 Å². The summed E-state index contributed by atoms with van der Waals surface area (Å²) in [6.07, 6.45) is -6.49. The van der Waals surface area contributed by atoms with Gasteiger partial charge >= 0.3 is 18.0 Å². The molecule has 10 heteroatoms. The van der Waals surface area contributed by atoms with E-state index < -0.39 is 23.9 Å². The van der Waals surface area contributed by atoms with E-state index in [4.69, 9.17) is 0 Å². The number of hydrogen-bond acceptors (Lipinski definition) is 1. The maximum atomic E-state index is 13.2. The molecule has 0 radical (unpaired) electrons. The van der Waals surface area contributed by atoms with E-state index in [1.807, 2.05) is 0 Å². The summed E-state index contributed by atoms with van der Waals surface area (Å²) in [4.78, 5) is 11.7. The molecule has 1 aliphatic rings. The summed E-state index contributed by atoms with van der Waals surface area (Å²) < 4.78 is 88.2. The lowest BCUT2D eigenvalue weighted by Gasteiger charge is -2.40. The lowest BCUT2D eigenvalue weighted by Crippen LogP contribution is -2.64. The van der Waals surface area contributed by atoms with Gasteiger partial charge in [-0.1, -0.05) is 0 Å². The molecule has 0 aromatic rings. The van der Waals surface area contributed by atoms with Gasteiger partial charge in [0.15, 0.2) is 0 Å². The first-order chi connectivity index (χ1) is 8.72. The molecule has 3 nitrogen and oxygen atoms in total. The summed E-state index contributed by atoms with van der Waals surface area (Å²) in [7, 11) is 3.45. The monoisotopic (exact) mass is 311 g/mol. The second kappa shape index (κ2) is 4.74. The maximum absolute atomic E-state index is 13.2. The van der Waals surface area contributed by atoms with Crippen molar-refractivity contribution in [3.8, 4) is 0 Å². The third-order valence-corrected chi connectivity index (χ3v) is 3.26. The Morgan fingerprint density at radius 1 is 0.950 bits per heavy atom. The zero-order chi connectivity index (χ0) is 16.0. The van der Waals surface area contributed by atoms with Gasteiger partial charge in [-0.05, 0) is 0 Å². The molecular formula is C10H14F7N2O+. The molecule has 0 unspecified atom stereocenters. The predicted octanol–water partition coefficient (Wildman–Crippen LogP) is 1.74. The van der Waals surface area contributed by atoms with E-state index >= 15 is 0 Å². The van der Waals surface area contributed by atoms with Crippen LogP contribution in [0.3, 0.4) is 0 Å². The number of nitrogens with zero attached hydrogens (tertiary/aromatic N) is 2. The second-order valence-electron chi connectivity index (χ2n) is 5.32. The lowest BCUT2D eigenvalue weighted by atomic mass is 10.1. The van der Waals surface area contributed by atoms with Crippen molar-refractivity contribution >= 4 is 5.91 Å². The number of hydrogen-bond donors (Lipinski definition) is 0. The van der Waals surface area contributed by atoms with Crippen LogP contribution in [0.5, 0.6) is 0 Å². The highest BCUT2D eigenvalue weighted by Gasteiger charge is 2.77. The van der Waals surface area contributed by atoms with E-state index in [2.05, 4.69) is 0 Å². The van der Waals surface area contributed by atoms with Gasteiger partial charge in [0.05, 0.1) is 40.3 Å². The van der Waals surface area contributed by atoms with Crippen LogP contribution in [0.15, 0.2) is 0 Å². The minimum Gasteiger partial charge on any atom is -0.326 e. The first-order valence-electron chi connectivity index (χ1n) is 5.66. The summed E-state index contributed by atoms with van der Waals surface area (Å²) >= 11 is 0. The summed E-state index contributed by atoms with van der Waals surface area (Å²) in [5.74, 6) is -14.7. The molecule has 0 aliphatic carbocycles. The van der Waals surface area contributed by atoms with E-state index in [9.17, 15) is 35.5 Å². The van der Waals surface area contributed by atoms with Gasteiger partial charge in [-0.15, -0.1) is 0 Å². The average molecular weight is 311 g/mol. The van der Waals surface area contributed by atoms with Gasteiger partial charge < -0.3 is 9.38 Å². The molecule has 1 amide bonds. The minimum absolute atomic E-state index is 0.194. The molecule has 0 saturated carbocycles. The first kappa shape index (κ1) is 17.0. The number of carbonyl (C=O) groups is 1. The molecule has 1 saturated heterocycles. The van der Waals surface area contributed by atoms with Crippen molar-refractivity contribution < 1.29 is 40.0 Å². The molecule has 20 heavy (non-hydrogen) atoms. The molecule has 0 aromatic heterocycles. The average Bonchev–Trinajstić information content (AvgIpc) is 2.26. The van der Waals surface area contributed by atoms with E-state index in [-0.39, 0.29) is 26.2 Å². The molecule has 1 heterocycles. The smallest absolute Gasteiger partial charge is 0.326 e. The molecule has 0 spiro atoms. The van der Waals surface area contributed by atoms with Crippen molar-refractivity contribution in [3.05, 3.63) is 0 Å². The highest BCUT2D eigenvalue weighted by atomic mass is 19.4. The number of amides is 1. The highest BCUT2D eigenvalue weighted by molar-refractivity contribution is 5.85. The Kier molecular flexibility index (Phi) is 4.03. The number of alkyl halides is 7. The Hall–Kier alpha value is -1.06. The molecular weight excluding hydrogens is 297 g/mol. The van der Waals surface area contributed by atoms with Gasteiger partial charge in [0.1, 0.15) is 0 Å². The number of halogens is 7. The second-order valence-corrected chi connectivity index (χ2v) is 5.32. The van der Waals surface area contributed by atoms with Gasteiger partial charge in [-0.25, -0.2) is 0 Å². The van der Waals surface area contributed by atoms with Crippen LogP contribution in [0, 0.1) is 0 Å². The van der Waals surface area contributed by atoms with Gasteiger partial charge in [-0.2, -0.15) is 30.7 Å². The van der Waals surface area contributed by atoms with Crippen LogP contribution >= 0.6 is 0 Å². The number of likely N-dealkylation sites (N-methyl/N-ethyl adjacent to an activating group) is 1. The zero-order valence-corrected chi connectivity index (χ0v) is 10.8. The van der Waals surface area contributed by atoms with Crippen LogP contribution in [0.4, 0.5) is 30.7 Å². The molecule has 0 aromatic carbocycles. The van der Waals surface area contributed by atoms with E-state index in [0.717, 1.165) is 0 Å². The van der Waals surface area contributed by atoms with Crippen LogP contribution in [-0.2, 0) is 4.79 Å². The third-order valence-electron chi connectivity index (χ3n) is 3.26. The van der Waals surface area contributed by atoms with Gasteiger partial charge in [0, 0.05) is 0 Å². The number of rotatable bonds is 2. The topological polar surface area (TPSA) is 20.3 Å². The molecule has 0 bridgehead atoms. The van der Waals surface area contributed by atoms with Crippen molar-refractivity contribution in [2.75, 3.05) is 40.3 Å². The molecule has 118 valence electrons. The van der Waals surface area contributed by atoms with Crippen molar-refractivity contribution in [2.45, 2.75) is 18.0 Å². The SMILES string of the molecule is C[N+]1(C)CCN(C(=O)C(F)(F)C(F)(F)C(F)(F)F)CC1. The summed E-state index contributed by atoms with van der Waals surface area (Å²) in [5, 5.41) is 0.